The quantitative estimate of drug-likeness (QED) is 0.489. The van der Waals surface area contributed by atoms with Crippen LogP contribution in [0.4, 0.5) is 10.1 Å². The molecule has 4 N–H and O–H groups in total. The molecular weight excluding hydrogens is 377 g/mol. The number of pyridine rings is 1. The van der Waals surface area contributed by atoms with Gasteiger partial charge in [0.2, 0.25) is 5.91 Å². The van der Waals surface area contributed by atoms with Crippen LogP contribution in [0.5, 0.6) is 11.5 Å². The predicted octanol–water partition coefficient (Wildman–Crippen LogP) is 4.50. The molecule has 7 heteroatoms. The van der Waals surface area contributed by atoms with Crippen LogP contribution >= 0.6 is 11.3 Å². The Hall–Kier alpha value is -3.45. The fourth-order valence-corrected chi connectivity index (χ4v) is 3.94. The van der Waals surface area contributed by atoms with E-state index in [4.69, 9.17) is 16.2 Å². The number of carbonyl (C=O) groups excluding carboxylic acids is 1. The summed E-state index contributed by atoms with van der Waals surface area (Å²) in [6.07, 6.45) is 2.31. The highest BCUT2D eigenvalue weighted by molar-refractivity contribution is 7.19. The highest BCUT2D eigenvalue weighted by atomic mass is 32.1. The van der Waals surface area contributed by atoms with Gasteiger partial charge in [0.1, 0.15) is 5.75 Å². The second-order valence-electron chi connectivity index (χ2n) is 6.27. The predicted molar refractivity (Wildman–Crippen MR) is 108 cm³/mol. The third-order valence-corrected chi connectivity index (χ3v) is 5.36. The number of thiophene rings is 1. The lowest BCUT2D eigenvalue weighted by Gasteiger charge is -2.07. The fraction of sp³-hybridized carbons (Fsp3) is 0.0476. The van der Waals surface area contributed by atoms with Crippen LogP contribution in [0, 0.1) is 5.82 Å². The topological polar surface area (TPSA) is 91.2 Å². The summed E-state index contributed by atoms with van der Waals surface area (Å²) in [5.74, 6) is -0.321. The third-order valence-electron chi connectivity index (χ3n) is 4.22. The molecule has 2 aromatic carbocycles. The number of hydrogen-bond donors (Lipinski definition) is 2. The van der Waals surface area contributed by atoms with Crippen molar-refractivity contribution in [3.8, 4) is 11.5 Å². The van der Waals surface area contributed by atoms with Gasteiger partial charge in [-0.1, -0.05) is 12.1 Å². The number of rotatable bonds is 5. The molecule has 0 unspecified atom stereocenters. The van der Waals surface area contributed by atoms with Crippen molar-refractivity contribution in [1.29, 1.82) is 0 Å². The lowest BCUT2D eigenvalue weighted by Crippen LogP contribution is -2.10. The molecule has 4 rings (SSSR count). The van der Waals surface area contributed by atoms with Gasteiger partial charge in [-0.15, -0.1) is 11.3 Å². The molecule has 1 amide bonds. The van der Waals surface area contributed by atoms with Crippen LogP contribution in [-0.2, 0) is 6.42 Å². The van der Waals surface area contributed by atoms with Gasteiger partial charge in [-0.25, -0.2) is 4.39 Å². The number of nitrogens with two attached hydrogens (primary N) is 2. The number of primary amides is 1. The smallest absolute Gasteiger partial charge is 0.248 e. The Labute approximate surface area is 164 Å². The van der Waals surface area contributed by atoms with E-state index in [9.17, 15) is 9.18 Å². The van der Waals surface area contributed by atoms with E-state index < -0.39 is 11.7 Å². The normalized spacial score (nSPS) is 10.9. The number of nitrogens with zero attached hydrogens (tertiary/aromatic N) is 1. The molecule has 0 aliphatic rings. The second kappa shape index (κ2) is 7.28. The number of aromatic nitrogens is 1. The summed E-state index contributed by atoms with van der Waals surface area (Å²) in [6.45, 7) is 0. The Kier molecular flexibility index (Phi) is 4.67. The van der Waals surface area contributed by atoms with Gasteiger partial charge >= 0.3 is 0 Å². The molecule has 0 radical (unpaired) electrons. The van der Waals surface area contributed by atoms with Crippen LogP contribution in [0.25, 0.3) is 10.2 Å². The van der Waals surface area contributed by atoms with Gasteiger partial charge in [0.25, 0.3) is 0 Å². The highest BCUT2D eigenvalue weighted by Crippen LogP contribution is 2.36. The average Bonchev–Trinajstić information content (AvgIpc) is 3.08. The number of halogens is 1. The van der Waals surface area contributed by atoms with Crippen molar-refractivity contribution in [2.24, 2.45) is 5.73 Å². The van der Waals surface area contributed by atoms with E-state index in [1.54, 1.807) is 30.5 Å². The first-order valence-corrected chi connectivity index (χ1v) is 9.30. The Morgan fingerprint density at radius 2 is 1.86 bits per heavy atom. The molecular formula is C21H16FN3O2S. The molecule has 28 heavy (non-hydrogen) atoms. The molecule has 0 bridgehead atoms. The molecule has 0 fully saturated rings. The zero-order chi connectivity index (χ0) is 19.7. The van der Waals surface area contributed by atoms with Crippen molar-refractivity contribution in [3.05, 3.63) is 82.6 Å². The van der Waals surface area contributed by atoms with Gasteiger partial charge in [-0.2, -0.15) is 0 Å². The SMILES string of the molecule is NC(=O)c1ccc(Cc2cc3nccc(Oc4ccc(N)cc4F)c3s2)cc1. The van der Waals surface area contributed by atoms with Crippen molar-refractivity contribution < 1.29 is 13.9 Å². The second-order valence-corrected chi connectivity index (χ2v) is 7.40. The molecule has 0 aliphatic heterocycles. The van der Waals surface area contributed by atoms with Crippen LogP contribution in [0.3, 0.4) is 0 Å². The van der Waals surface area contributed by atoms with Crippen LogP contribution in [0.1, 0.15) is 20.8 Å². The number of nitrogen functional groups attached to an aromatic ring is 1. The molecule has 0 aliphatic carbocycles. The molecule has 2 heterocycles. The summed E-state index contributed by atoms with van der Waals surface area (Å²) in [7, 11) is 0. The number of hydrogen-bond acceptors (Lipinski definition) is 5. The highest BCUT2D eigenvalue weighted by Gasteiger charge is 2.12. The van der Waals surface area contributed by atoms with E-state index in [1.807, 2.05) is 18.2 Å². The van der Waals surface area contributed by atoms with E-state index in [2.05, 4.69) is 4.98 Å². The standard InChI is InChI=1S/C21H16FN3O2S/c22-16-10-14(23)5-6-18(16)27-19-7-8-25-17-11-15(28-20(17)19)9-12-1-3-13(4-2-12)21(24)26/h1-8,10-11H,9,23H2,(H2,24,26). The van der Waals surface area contributed by atoms with Crippen LogP contribution < -0.4 is 16.2 Å². The first kappa shape index (κ1) is 17.9. The van der Waals surface area contributed by atoms with Gasteiger partial charge in [0.15, 0.2) is 11.6 Å². The van der Waals surface area contributed by atoms with Crippen LogP contribution in [0.15, 0.2) is 60.8 Å². The number of benzene rings is 2. The van der Waals surface area contributed by atoms with Gasteiger partial charge in [-0.3, -0.25) is 9.78 Å². The minimum Gasteiger partial charge on any atom is -0.453 e. The molecule has 4 aromatic rings. The number of amides is 1. The van der Waals surface area contributed by atoms with E-state index >= 15 is 0 Å². The maximum atomic E-state index is 14.1. The van der Waals surface area contributed by atoms with E-state index in [-0.39, 0.29) is 5.75 Å². The zero-order valence-corrected chi connectivity index (χ0v) is 15.5. The minimum atomic E-state index is -0.517. The number of anilines is 1. The van der Waals surface area contributed by atoms with Gasteiger partial charge in [-0.05, 0) is 35.9 Å². The van der Waals surface area contributed by atoms with Gasteiger partial charge < -0.3 is 16.2 Å². The summed E-state index contributed by atoms with van der Waals surface area (Å²) in [4.78, 5) is 16.6. The maximum absolute atomic E-state index is 14.1. The molecule has 2 aromatic heterocycles. The monoisotopic (exact) mass is 393 g/mol. The van der Waals surface area contributed by atoms with E-state index in [1.165, 1.54) is 23.5 Å². The Balaban J connectivity index is 1.62. The molecule has 0 atom stereocenters. The first-order chi connectivity index (χ1) is 13.5. The molecule has 0 saturated carbocycles. The van der Waals surface area contributed by atoms with Gasteiger partial charge in [0, 0.05) is 40.9 Å². The average molecular weight is 393 g/mol. The fourth-order valence-electron chi connectivity index (χ4n) is 2.84. The molecule has 0 spiro atoms. The molecule has 140 valence electrons. The van der Waals surface area contributed by atoms with Crippen molar-refractivity contribution in [2.75, 3.05) is 5.73 Å². The lowest BCUT2D eigenvalue weighted by molar-refractivity contribution is 0.100. The minimum absolute atomic E-state index is 0.110. The van der Waals surface area contributed by atoms with Crippen LogP contribution in [0.2, 0.25) is 0 Å². The van der Waals surface area contributed by atoms with Crippen molar-refractivity contribution >= 4 is 33.1 Å². The summed E-state index contributed by atoms with van der Waals surface area (Å²) in [5.41, 5.74) is 13.5. The largest absolute Gasteiger partial charge is 0.453 e. The third kappa shape index (κ3) is 3.65. The Bertz CT molecular complexity index is 1170. The Morgan fingerprint density at radius 3 is 2.57 bits per heavy atom. The number of fused-ring (bicyclic) bond motifs is 1. The summed E-state index contributed by atoms with van der Waals surface area (Å²) >= 11 is 1.53. The molecule has 0 saturated heterocycles. The van der Waals surface area contributed by atoms with E-state index in [0.717, 1.165) is 20.7 Å². The Morgan fingerprint density at radius 1 is 1.07 bits per heavy atom. The first-order valence-electron chi connectivity index (χ1n) is 8.48. The molecule has 5 nitrogen and oxygen atoms in total. The van der Waals surface area contributed by atoms with Crippen molar-refractivity contribution in [1.82, 2.24) is 4.98 Å². The van der Waals surface area contributed by atoms with Crippen molar-refractivity contribution in [3.63, 3.8) is 0 Å². The summed E-state index contributed by atoms with van der Waals surface area (Å²) in [6, 6.07) is 15.2. The number of carbonyl (C=O) groups is 1. The summed E-state index contributed by atoms with van der Waals surface area (Å²) in [5, 5.41) is 0. The van der Waals surface area contributed by atoms with E-state index in [0.29, 0.717) is 23.4 Å². The summed E-state index contributed by atoms with van der Waals surface area (Å²) < 4.78 is 20.7. The van der Waals surface area contributed by atoms with Crippen molar-refractivity contribution in [2.45, 2.75) is 6.42 Å². The maximum Gasteiger partial charge on any atom is 0.248 e. The number of ether oxygens (including phenoxy) is 1. The lowest BCUT2D eigenvalue weighted by atomic mass is 10.1. The van der Waals surface area contributed by atoms with Gasteiger partial charge in [0.05, 0.1) is 10.2 Å². The zero-order valence-electron chi connectivity index (χ0n) is 14.7. The van der Waals surface area contributed by atoms with Crippen LogP contribution in [-0.4, -0.2) is 10.9 Å².